The number of allylic oxidation sites excluding steroid dienone is 2. The summed E-state index contributed by atoms with van der Waals surface area (Å²) in [5, 5.41) is 0. The molecule has 2 N–H and O–H groups in total. The fraction of sp³-hybridized carbons (Fsp3) is 0.333. The Kier molecular flexibility index (Phi) is 3.69. The van der Waals surface area contributed by atoms with Crippen molar-refractivity contribution in [3.63, 3.8) is 0 Å². The molecule has 0 saturated carbocycles. The molecule has 3 nitrogen and oxygen atoms in total. The molecule has 3 aliphatic rings. The third kappa shape index (κ3) is 2.99. The maximum absolute atomic E-state index is 13.3. The van der Waals surface area contributed by atoms with Gasteiger partial charge in [0.2, 0.25) is 0 Å². The van der Waals surface area contributed by atoms with Crippen molar-refractivity contribution in [1.82, 2.24) is 0 Å². The lowest BCUT2D eigenvalue weighted by molar-refractivity contribution is -0.0931. The Morgan fingerprint density at radius 1 is 0.963 bits per heavy atom. The van der Waals surface area contributed by atoms with E-state index in [2.05, 4.69) is 9.98 Å². The molecule has 2 aliphatic carbocycles. The second-order valence-corrected chi connectivity index (χ2v) is 6.85. The van der Waals surface area contributed by atoms with E-state index in [9.17, 15) is 26.3 Å². The molecule has 0 radical (unpaired) electrons. The number of halogens is 6. The van der Waals surface area contributed by atoms with Crippen LogP contribution in [0.4, 0.5) is 26.3 Å². The number of nitrogens with two attached hydrogens (primary N) is 1. The number of nitrogens with zero attached hydrogens (tertiary/aromatic N) is 2. The average molecular weight is 385 g/mol. The molecule has 0 bridgehead atoms. The van der Waals surface area contributed by atoms with Crippen LogP contribution in [0.15, 0.2) is 57.5 Å². The minimum atomic E-state index is -4.98. The zero-order valence-electron chi connectivity index (χ0n) is 13.7. The number of amidine groups is 1. The molecular weight excluding hydrogens is 372 g/mol. The molecule has 1 aromatic rings. The molecule has 27 heavy (non-hydrogen) atoms. The first-order valence-corrected chi connectivity index (χ1v) is 8.08. The van der Waals surface area contributed by atoms with E-state index in [4.69, 9.17) is 5.73 Å². The van der Waals surface area contributed by atoms with E-state index in [-0.39, 0.29) is 11.9 Å². The van der Waals surface area contributed by atoms with Gasteiger partial charge in [-0.15, -0.1) is 0 Å². The van der Waals surface area contributed by atoms with Crippen LogP contribution >= 0.6 is 0 Å². The minimum absolute atomic E-state index is 0.0477. The fourth-order valence-electron chi connectivity index (χ4n) is 3.63. The van der Waals surface area contributed by atoms with Crippen molar-refractivity contribution < 1.29 is 26.3 Å². The normalized spacial score (nSPS) is 23.9. The molecule has 0 spiro atoms. The molecular formula is C18H13F6N3. The number of benzene rings is 1. The van der Waals surface area contributed by atoms with Crippen LogP contribution in [0, 0.1) is 0 Å². The van der Waals surface area contributed by atoms with Crippen molar-refractivity contribution >= 4 is 11.5 Å². The molecule has 0 saturated heterocycles. The van der Waals surface area contributed by atoms with Crippen LogP contribution < -0.4 is 5.73 Å². The van der Waals surface area contributed by atoms with Crippen molar-refractivity contribution in [2.24, 2.45) is 15.7 Å². The number of aliphatic imine (C=N–C) groups is 2. The monoisotopic (exact) mass is 385 g/mol. The first-order valence-electron chi connectivity index (χ1n) is 8.08. The number of alkyl halides is 6. The van der Waals surface area contributed by atoms with Crippen molar-refractivity contribution in [3.8, 4) is 0 Å². The Bertz CT molecular complexity index is 908. The van der Waals surface area contributed by atoms with E-state index in [0.29, 0.717) is 18.9 Å². The van der Waals surface area contributed by atoms with E-state index in [1.807, 2.05) is 24.3 Å². The van der Waals surface area contributed by atoms with Gasteiger partial charge in [0.25, 0.3) is 0 Å². The summed E-state index contributed by atoms with van der Waals surface area (Å²) in [6.07, 6.45) is -8.52. The second-order valence-electron chi connectivity index (χ2n) is 6.85. The van der Waals surface area contributed by atoms with Crippen molar-refractivity contribution in [1.29, 1.82) is 0 Å². The van der Waals surface area contributed by atoms with Gasteiger partial charge in [-0.25, -0.2) is 4.99 Å². The fourth-order valence-corrected chi connectivity index (χ4v) is 3.63. The smallest absolute Gasteiger partial charge is 0.318 e. The summed E-state index contributed by atoms with van der Waals surface area (Å²) in [7, 11) is 0. The lowest BCUT2D eigenvalue weighted by Gasteiger charge is -2.21. The molecule has 1 atom stereocenters. The Labute approximate surface area is 150 Å². The SMILES string of the molecule is NC1(C2=NC3C=C(C(F)(F)F)C=C(C(F)(F)F)C3=N2)Cc2ccccc2C1. The molecule has 142 valence electrons. The van der Waals surface area contributed by atoms with Gasteiger partial charge in [0.1, 0.15) is 11.9 Å². The Morgan fingerprint density at radius 2 is 1.56 bits per heavy atom. The van der Waals surface area contributed by atoms with Crippen LogP contribution in [0.3, 0.4) is 0 Å². The van der Waals surface area contributed by atoms with Crippen LogP contribution in [0.2, 0.25) is 0 Å². The lowest BCUT2D eigenvalue weighted by Crippen LogP contribution is -2.47. The summed E-state index contributed by atoms with van der Waals surface area (Å²) >= 11 is 0. The zero-order chi connectivity index (χ0) is 19.6. The summed E-state index contributed by atoms with van der Waals surface area (Å²) in [4.78, 5) is 8.00. The van der Waals surface area contributed by atoms with Gasteiger partial charge in [0.05, 0.1) is 22.4 Å². The molecule has 0 fully saturated rings. The largest absolute Gasteiger partial charge is 0.418 e. The highest BCUT2D eigenvalue weighted by atomic mass is 19.4. The highest BCUT2D eigenvalue weighted by Gasteiger charge is 2.49. The van der Waals surface area contributed by atoms with E-state index in [1.54, 1.807) is 0 Å². The Balaban J connectivity index is 1.75. The summed E-state index contributed by atoms with van der Waals surface area (Å²) in [6, 6.07) is 5.89. The quantitative estimate of drug-likeness (QED) is 0.737. The van der Waals surface area contributed by atoms with Crippen molar-refractivity contribution in [2.45, 2.75) is 36.8 Å². The predicted molar refractivity (Wildman–Crippen MR) is 87.7 cm³/mol. The van der Waals surface area contributed by atoms with Gasteiger partial charge in [-0.3, -0.25) is 4.99 Å². The van der Waals surface area contributed by atoms with E-state index in [0.717, 1.165) is 11.1 Å². The highest BCUT2D eigenvalue weighted by molar-refractivity contribution is 6.18. The summed E-state index contributed by atoms with van der Waals surface area (Å²) in [6.45, 7) is 0. The Morgan fingerprint density at radius 3 is 2.07 bits per heavy atom. The third-order valence-electron chi connectivity index (χ3n) is 4.89. The highest BCUT2D eigenvalue weighted by Crippen LogP contribution is 2.40. The standard InChI is InChI=1S/C18H13F6N3/c19-17(20,21)11-5-12(18(22,23)24)14-13(6-11)26-15(27-14)16(25)7-9-3-1-2-4-10(9)8-16/h1-6,13H,7-8,25H2. The van der Waals surface area contributed by atoms with Crippen LogP contribution in [0.1, 0.15) is 11.1 Å². The second kappa shape index (κ2) is 5.54. The third-order valence-corrected chi connectivity index (χ3v) is 4.89. The number of hydrogen-bond acceptors (Lipinski definition) is 3. The maximum atomic E-state index is 13.3. The van der Waals surface area contributed by atoms with Gasteiger partial charge >= 0.3 is 12.4 Å². The van der Waals surface area contributed by atoms with Gasteiger partial charge in [-0.1, -0.05) is 24.3 Å². The average Bonchev–Trinajstić information content (AvgIpc) is 3.12. The van der Waals surface area contributed by atoms with Gasteiger partial charge in [-0.05, 0) is 36.1 Å². The molecule has 4 rings (SSSR count). The van der Waals surface area contributed by atoms with Crippen LogP contribution in [0.5, 0.6) is 0 Å². The topological polar surface area (TPSA) is 50.7 Å². The van der Waals surface area contributed by atoms with Crippen LogP contribution in [-0.2, 0) is 12.8 Å². The summed E-state index contributed by atoms with van der Waals surface area (Å²) in [5.74, 6) is -0.0477. The molecule has 1 heterocycles. The number of fused-ring (bicyclic) bond motifs is 2. The van der Waals surface area contributed by atoms with Crippen molar-refractivity contribution in [3.05, 3.63) is 58.7 Å². The van der Waals surface area contributed by atoms with E-state index < -0.39 is 40.8 Å². The minimum Gasteiger partial charge on any atom is -0.318 e. The van der Waals surface area contributed by atoms with Gasteiger partial charge < -0.3 is 5.73 Å². The molecule has 1 aromatic carbocycles. The molecule has 9 heteroatoms. The first-order chi connectivity index (χ1) is 12.5. The van der Waals surface area contributed by atoms with E-state index >= 15 is 0 Å². The van der Waals surface area contributed by atoms with Crippen molar-refractivity contribution in [2.75, 3.05) is 0 Å². The number of rotatable bonds is 1. The van der Waals surface area contributed by atoms with Gasteiger partial charge in [-0.2, -0.15) is 26.3 Å². The van der Waals surface area contributed by atoms with Gasteiger partial charge in [0.15, 0.2) is 0 Å². The summed E-state index contributed by atoms with van der Waals surface area (Å²) < 4.78 is 79.0. The van der Waals surface area contributed by atoms with E-state index in [1.165, 1.54) is 0 Å². The van der Waals surface area contributed by atoms with Gasteiger partial charge in [0, 0.05) is 0 Å². The molecule has 1 aliphatic heterocycles. The van der Waals surface area contributed by atoms with Crippen LogP contribution in [-0.4, -0.2) is 35.5 Å². The van der Waals surface area contributed by atoms with Crippen LogP contribution in [0.25, 0.3) is 0 Å². The molecule has 0 amide bonds. The molecule has 1 unspecified atom stereocenters. The maximum Gasteiger partial charge on any atom is 0.418 e. The lowest BCUT2D eigenvalue weighted by atomic mass is 9.93. The first kappa shape index (κ1) is 18.0. The zero-order valence-corrected chi connectivity index (χ0v) is 13.7. The molecule has 0 aromatic heterocycles. The summed E-state index contributed by atoms with van der Waals surface area (Å²) in [5.41, 5.74) is 3.72. The predicted octanol–water partition coefficient (Wildman–Crippen LogP) is 3.70. The Hall–Kier alpha value is -2.42. The number of hydrogen-bond donors (Lipinski definition) is 1.